The summed E-state index contributed by atoms with van der Waals surface area (Å²) in [6, 6.07) is 3.99. The Bertz CT molecular complexity index is 546. The smallest absolute Gasteiger partial charge is 0.213 e. The minimum Gasteiger partial charge on any atom is -0.356 e. The molecule has 0 fully saturated rings. The van der Waals surface area contributed by atoms with Gasteiger partial charge in [-0.2, -0.15) is 0 Å². The van der Waals surface area contributed by atoms with E-state index in [1.54, 1.807) is 21.0 Å². The highest BCUT2D eigenvalue weighted by Crippen LogP contribution is 1.98. The van der Waals surface area contributed by atoms with Gasteiger partial charge in [0.1, 0.15) is 0 Å². The SMILES string of the molecule is CCS(=O)(=O)N(C)CCCNC(=NC)NCCn1cccc1.I. The molecule has 23 heavy (non-hydrogen) atoms. The van der Waals surface area contributed by atoms with Crippen LogP contribution in [0.5, 0.6) is 0 Å². The van der Waals surface area contributed by atoms with Gasteiger partial charge in [-0.3, -0.25) is 4.99 Å². The highest BCUT2D eigenvalue weighted by molar-refractivity contribution is 14.0. The first kappa shape index (κ1) is 22.2. The summed E-state index contributed by atoms with van der Waals surface area (Å²) in [6.07, 6.45) is 4.76. The molecule has 1 aromatic heterocycles. The minimum absolute atomic E-state index is 0. The topological polar surface area (TPSA) is 78.7 Å². The number of nitrogens with one attached hydrogen (secondary N) is 2. The first-order valence-corrected chi connectivity index (χ1v) is 9.09. The van der Waals surface area contributed by atoms with Gasteiger partial charge in [0.25, 0.3) is 0 Å². The molecule has 0 spiro atoms. The third-order valence-electron chi connectivity index (χ3n) is 3.33. The Morgan fingerprint density at radius 3 is 2.39 bits per heavy atom. The van der Waals surface area contributed by atoms with E-state index in [1.807, 2.05) is 24.5 Å². The number of hydrogen-bond acceptors (Lipinski definition) is 3. The van der Waals surface area contributed by atoms with Crippen LogP contribution in [0.15, 0.2) is 29.5 Å². The number of sulfonamides is 1. The molecule has 0 aliphatic rings. The van der Waals surface area contributed by atoms with Crippen molar-refractivity contribution in [3.8, 4) is 0 Å². The number of rotatable bonds is 9. The lowest BCUT2D eigenvalue weighted by Crippen LogP contribution is -2.40. The molecule has 0 unspecified atom stereocenters. The maximum absolute atomic E-state index is 11.6. The van der Waals surface area contributed by atoms with Crippen LogP contribution in [0.4, 0.5) is 0 Å². The molecule has 1 heterocycles. The van der Waals surface area contributed by atoms with Gasteiger partial charge >= 0.3 is 0 Å². The molecule has 0 aliphatic carbocycles. The van der Waals surface area contributed by atoms with Crippen molar-refractivity contribution in [2.45, 2.75) is 19.9 Å². The summed E-state index contributed by atoms with van der Waals surface area (Å²) in [5.41, 5.74) is 0. The van der Waals surface area contributed by atoms with Crippen LogP contribution in [0.3, 0.4) is 0 Å². The van der Waals surface area contributed by atoms with Crippen LogP contribution in [-0.2, 0) is 16.6 Å². The van der Waals surface area contributed by atoms with E-state index in [9.17, 15) is 8.42 Å². The molecule has 0 aromatic carbocycles. The van der Waals surface area contributed by atoms with E-state index in [-0.39, 0.29) is 29.7 Å². The third kappa shape index (κ3) is 8.56. The van der Waals surface area contributed by atoms with Gasteiger partial charge in [0.2, 0.25) is 10.0 Å². The summed E-state index contributed by atoms with van der Waals surface area (Å²) in [6.45, 7) is 4.47. The summed E-state index contributed by atoms with van der Waals surface area (Å²) in [4.78, 5) is 4.14. The van der Waals surface area contributed by atoms with Crippen LogP contribution in [0.2, 0.25) is 0 Å². The van der Waals surface area contributed by atoms with E-state index >= 15 is 0 Å². The predicted octanol–water partition coefficient (Wildman–Crippen LogP) is 0.943. The summed E-state index contributed by atoms with van der Waals surface area (Å²) in [5.74, 6) is 0.868. The number of halogens is 1. The molecule has 0 radical (unpaired) electrons. The lowest BCUT2D eigenvalue weighted by atomic mass is 10.4. The summed E-state index contributed by atoms with van der Waals surface area (Å²) >= 11 is 0. The molecular formula is C14H28IN5O2S. The maximum atomic E-state index is 11.6. The number of hydrogen-bond donors (Lipinski definition) is 2. The van der Waals surface area contributed by atoms with E-state index in [0.29, 0.717) is 13.1 Å². The van der Waals surface area contributed by atoms with Gasteiger partial charge in [-0.1, -0.05) is 0 Å². The Balaban J connectivity index is 0.00000484. The summed E-state index contributed by atoms with van der Waals surface area (Å²) < 4.78 is 26.7. The fourth-order valence-corrected chi connectivity index (χ4v) is 2.76. The normalized spacial score (nSPS) is 12.1. The predicted molar refractivity (Wildman–Crippen MR) is 106 cm³/mol. The Hall–Kier alpha value is -0.810. The zero-order valence-corrected chi connectivity index (χ0v) is 17.2. The van der Waals surface area contributed by atoms with Crippen molar-refractivity contribution in [2.75, 3.05) is 39.5 Å². The molecule has 9 heteroatoms. The molecular weight excluding hydrogens is 429 g/mol. The van der Waals surface area contributed by atoms with Gasteiger partial charge in [0, 0.05) is 52.7 Å². The van der Waals surface area contributed by atoms with Crippen molar-refractivity contribution >= 4 is 40.0 Å². The Morgan fingerprint density at radius 1 is 1.22 bits per heavy atom. The van der Waals surface area contributed by atoms with Crippen molar-refractivity contribution in [3.63, 3.8) is 0 Å². The molecule has 1 aromatic rings. The molecule has 1 rings (SSSR count). The van der Waals surface area contributed by atoms with E-state index in [4.69, 9.17) is 0 Å². The second kappa shape index (κ2) is 11.7. The Labute approximate surface area is 156 Å². The summed E-state index contributed by atoms with van der Waals surface area (Å²) in [7, 11) is 0.248. The molecule has 0 aliphatic heterocycles. The minimum atomic E-state index is -3.09. The van der Waals surface area contributed by atoms with Crippen molar-refractivity contribution in [1.82, 2.24) is 19.5 Å². The fourth-order valence-electron chi connectivity index (χ4n) is 1.91. The molecule has 0 amide bonds. The van der Waals surface area contributed by atoms with Crippen LogP contribution < -0.4 is 10.6 Å². The van der Waals surface area contributed by atoms with Crippen LogP contribution in [-0.4, -0.2) is 62.7 Å². The van der Waals surface area contributed by atoms with Gasteiger partial charge in [-0.15, -0.1) is 24.0 Å². The van der Waals surface area contributed by atoms with E-state index in [2.05, 4.69) is 20.2 Å². The molecule has 7 nitrogen and oxygen atoms in total. The zero-order chi connectivity index (χ0) is 16.4. The van der Waals surface area contributed by atoms with Gasteiger partial charge in [0.05, 0.1) is 5.75 Å². The number of nitrogens with zero attached hydrogens (tertiary/aromatic N) is 3. The molecule has 0 saturated carbocycles. The largest absolute Gasteiger partial charge is 0.356 e. The van der Waals surface area contributed by atoms with Gasteiger partial charge < -0.3 is 15.2 Å². The molecule has 2 N–H and O–H groups in total. The average molecular weight is 457 g/mol. The van der Waals surface area contributed by atoms with Crippen molar-refractivity contribution in [1.29, 1.82) is 0 Å². The number of aromatic nitrogens is 1. The second-order valence-corrected chi connectivity index (χ2v) is 7.29. The first-order valence-electron chi connectivity index (χ1n) is 7.49. The van der Waals surface area contributed by atoms with Crippen molar-refractivity contribution in [2.24, 2.45) is 4.99 Å². The van der Waals surface area contributed by atoms with E-state index in [0.717, 1.165) is 25.5 Å². The molecule has 0 saturated heterocycles. The highest BCUT2D eigenvalue weighted by atomic mass is 127. The maximum Gasteiger partial charge on any atom is 0.213 e. The van der Waals surface area contributed by atoms with Crippen LogP contribution in [0.1, 0.15) is 13.3 Å². The van der Waals surface area contributed by atoms with Gasteiger partial charge in [-0.25, -0.2) is 12.7 Å². The Kier molecular flexibility index (Phi) is 11.3. The average Bonchev–Trinajstić information content (AvgIpc) is 3.02. The second-order valence-electron chi connectivity index (χ2n) is 4.92. The molecule has 0 bridgehead atoms. The summed E-state index contributed by atoms with van der Waals surface area (Å²) in [5, 5.41) is 6.41. The monoisotopic (exact) mass is 457 g/mol. The molecule has 0 atom stereocenters. The number of aliphatic imine (C=N–C) groups is 1. The van der Waals surface area contributed by atoms with Crippen LogP contribution in [0.25, 0.3) is 0 Å². The van der Waals surface area contributed by atoms with Gasteiger partial charge in [-0.05, 0) is 25.5 Å². The van der Waals surface area contributed by atoms with Crippen LogP contribution in [0, 0.1) is 0 Å². The van der Waals surface area contributed by atoms with Crippen molar-refractivity contribution in [3.05, 3.63) is 24.5 Å². The van der Waals surface area contributed by atoms with E-state index in [1.165, 1.54) is 4.31 Å². The standard InChI is InChI=1S/C14H27N5O2S.HI/c1-4-22(20,21)18(3)10-7-8-16-14(15-2)17-9-13-19-11-5-6-12-19;/h5-6,11-12H,4,7-10,13H2,1-3H3,(H2,15,16,17);1H. The molecule has 134 valence electrons. The first-order chi connectivity index (χ1) is 10.5. The third-order valence-corrected chi connectivity index (χ3v) is 5.20. The zero-order valence-electron chi connectivity index (χ0n) is 14.0. The lowest BCUT2D eigenvalue weighted by Gasteiger charge is -2.17. The van der Waals surface area contributed by atoms with Crippen LogP contribution >= 0.6 is 24.0 Å². The lowest BCUT2D eigenvalue weighted by molar-refractivity contribution is 0.461. The quantitative estimate of drug-likeness (QED) is 0.251. The van der Waals surface area contributed by atoms with Crippen molar-refractivity contribution < 1.29 is 8.42 Å². The fraction of sp³-hybridized carbons (Fsp3) is 0.643. The number of guanidine groups is 1. The van der Waals surface area contributed by atoms with E-state index < -0.39 is 10.0 Å². The van der Waals surface area contributed by atoms with Gasteiger partial charge in [0.15, 0.2) is 5.96 Å². The Morgan fingerprint density at radius 2 is 1.83 bits per heavy atom. The highest BCUT2D eigenvalue weighted by Gasteiger charge is 2.13.